The normalized spacial score (nSPS) is 15.2. The standard InChI is InChI=1S/C19H26N4O/c1-24-13-12-20-18-14-17(15-8-4-2-5-9-15)22-19(23-18)21-16-10-6-3-7-11-16/h2,4-5,8-9,14,16H,3,6-7,10-13H2,1H3,(H2,20,21,22,23). The molecule has 0 atom stereocenters. The molecule has 0 amide bonds. The molecule has 1 fully saturated rings. The molecule has 1 aliphatic rings. The summed E-state index contributed by atoms with van der Waals surface area (Å²) in [6.45, 7) is 1.38. The monoisotopic (exact) mass is 326 g/mol. The van der Waals surface area contributed by atoms with Gasteiger partial charge in [-0.1, -0.05) is 49.6 Å². The molecule has 0 bridgehead atoms. The fraction of sp³-hybridized carbons (Fsp3) is 0.474. The first-order chi connectivity index (χ1) is 11.8. The molecule has 0 radical (unpaired) electrons. The second-order valence-corrected chi connectivity index (χ2v) is 6.23. The Bertz CT molecular complexity index is 627. The summed E-state index contributed by atoms with van der Waals surface area (Å²) in [4.78, 5) is 9.37. The molecular weight excluding hydrogens is 300 g/mol. The summed E-state index contributed by atoms with van der Waals surface area (Å²) < 4.78 is 5.11. The molecule has 1 heterocycles. The van der Waals surface area contributed by atoms with Crippen LogP contribution in [0.2, 0.25) is 0 Å². The summed E-state index contributed by atoms with van der Waals surface area (Å²) >= 11 is 0. The second kappa shape index (κ2) is 8.64. The fourth-order valence-electron chi connectivity index (χ4n) is 3.07. The van der Waals surface area contributed by atoms with Crippen molar-refractivity contribution in [1.82, 2.24) is 9.97 Å². The molecule has 2 N–H and O–H groups in total. The highest BCUT2D eigenvalue weighted by atomic mass is 16.5. The summed E-state index contributed by atoms with van der Waals surface area (Å²) in [5.41, 5.74) is 2.03. The zero-order valence-electron chi connectivity index (χ0n) is 14.3. The third kappa shape index (κ3) is 4.68. The molecule has 1 saturated carbocycles. The van der Waals surface area contributed by atoms with Crippen molar-refractivity contribution in [3.05, 3.63) is 36.4 Å². The quantitative estimate of drug-likeness (QED) is 0.755. The molecule has 0 aliphatic heterocycles. The fourth-order valence-corrected chi connectivity index (χ4v) is 3.07. The molecule has 0 saturated heterocycles. The van der Waals surface area contributed by atoms with E-state index < -0.39 is 0 Å². The van der Waals surface area contributed by atoms with Crippen LogP contribution in [0.3, 0.4) is 0 Å². The van der Waals surface area contributed by atoms with E-state index in [9.17, 15) is 0 Å². The van der Waals surface area contributed by atoms with Crippen molar-refractivity contribution in [1.29, 1.82) is 0 Å². The topological polar surface area (TPSA) is 59.1 Å². The molecular formula is C19H26N4O. The van der Waals surface area contributed by atoms with Gasteiger partial charge in [0.2, 0.25) is 5.95 Å². The second-order valence-electron chi connectivity index (χ2n) is 6.23. The van der Waals surface area contributed by atoms with Gasteiger partial charge in [-0.2, -0.15) is 4.98 Å². The van der Waals surface area contributed by atoms with Gasteiger partial charge in [-0.3, -0.25) is 0 Å². The Morgan fingerprint density at radius 1 is 1.08 bits per heavy atom. The van der Waals surface area contributed by atoms with Gasteiger partial charge in [0.05, 0.1) is 12.3 Å². The van der Waals surface area contributed by atoms with Crippen LogP contribution >= 0.6 is 0 Å². The molecule has 1 aromatic heterocycles. The smallest absolute Gasteiger partial charge is 0.225 e. The predicted molar refractivity (Wildman–Crippen MR) is 98.3 cm³/mol. The van der Waals surface area contributed by atoms with Crippen LogP contribution in [0.25, 0.3) is 11.3 Å². The molecule has 0 unspecified atom stereocenters. The minimum atomic E-state index is 0.483. The van der Waals surface area contributed by atoms with Crippen LogP contribution in [0.15, 0.2) is 36.4 Å². The van der Waals surface area contributed by atoms with E-state index in [1.807, 2.05) is 24.3 Å². The van der Waals surface area contributed by atoms with E-state index in [4.69, 9.17) is 9.72 Å². The Morgan fingerprint density at radius 2 is 1.88 bits per heavy atom. The number of nitrogens with one attached hydrogen (secondary N) is 2. The third-order valence-electron chi connectivity index (χ3n) is 4.35. The first-order valence-electron chi connectivity index (χ1n) is 8.79. The molecule has 2 aromatic rings. The van der Waals surface area contributed by atoms with Gasteiger partial charge in [-0.25, -0.2) is 4.98 Å². The molecule has 5 heteroatoms. The lowest BCUT2D eigenvalue weighted by Crippen LogP contribution is -2.24. The zero-order chi connectivity index (χ0) is 16.6. The maximum absolute atomic E-state index is 5.11. The lowest BCUT2D eigenvalue weighted by atomic mass is 9.96. The van der Waals surface area contributed by atoms with Gasteiger partial charge in [0, 0.05) is 31.3 Å². The Morgan fingerprint density at radius 3 is 2.62 bits per heavy atom. The first kappa shape index (κ1) is 16.7. The van der Waals surface area contributed by atoms with E-state index in [0.29, 0.717) is 18.6 Å². The highest BCUT2D eigenvalue weighted by Crippen LogP contribution is 2.24. The van der Waals surface area contributed by atoms with Gasteiger partial charge >= 0.3 is 0 Å². The molecule has 128 valence electrons. The number of rotatable bonds is 7. The molecule has 1 aliphatic carbocycles. The van der Waals surface area contributed by atoms with Crippen LogP contribution in [0.4, 0.5) is 11.8 Å². The van der Waals surface area contributed by atoms with Gasteiger partial charge in [0.25, 0.3) is 0 Å². The van der Waals surface area contributed by atoms with Crippen LogP contribution in [0.5, 0.6) is 0 Å². The van der Waals surface area contributed by atoms with Gasteiger partial charge in [0.15, 0.2) is 0 Å². The van der Waals surface area contributed by atoms with Crippen molar-refractivity contribution in [2.45, 2.75) is 38.1 Å². The summed E-state index contributed by atoms with van der Waals surface area (Å²) in [5, 5.41) is 6.85. The first-order valence-corrected chi connectivity index (χ1v) is 8.79. The predicted octanol–water partition coefficient (Wildman–Crippen LogP) is 3.95. The number of hydrogen-bond donors (Lipinski definition) is 2. The Kier molecular flexibility index (Phi) is 6.01. The van der Waals surface area contributed by atoms with Crippen LogP contribution in [-0.2, 0) is 4.74 Å². The van der Waals surface area contributed by atoms with Gasteiger partial charge in [0.1, 0.15) is 5.82 Å². The average molecular weight is 326 g/mol. The minimum Gasteiger partial charge on any atom is -0.383 e. The van der Waals surface area contributed by atoms with E-state index in [1.54, 1.807) is 7.11 Å². The molecule has 0 spiro atoms. The summed E-state index contributed by atoms with van der Waals surface area (Å²) in [7, 11) is 1.70. The van der Waals surface area contributed by atoms with Crippen molar-refractivity contribution < 1.29 is 4.74 Å². The number of nitrogens with zero attached hydrogens (tertiary/aromatic N) is 2. The Hall–Kier alpha value is -2.14. The zero-order valence-corrected chi connectivity index (χ0v) is 14.3. The van der Waals surface area contributed by atoms with Gasteiger partial charge in [-0.05, 0) is 12.8 Å². The number of anilines is 2. The number of methoxy groups -OCH3 is 1. The van der Waals surface area contributed by atoms with Crippen LogP contribution in [0, 0.1) is 0 Å². The molecule has 24 heavy (non-hydrogen) atoms. The van der Waals surface area contributed by atoms with E-state index >= 15 is 0 Å². The summed E-state index contributed by atoms with van der Waals surface area (Å²) in [6, 6.07) is 12.7. The van der Waals surface area contributed by atoms with E-state index in [0.717, 1.165) is 23.6 Å². The van der Waals surface area contributed by atoms with Gasteiger partial charge < -0.3 is 15.4 Å². The van der Waals surface area contributed by atoms with E-state index in [2.05, 4.69) is 27.8 Å². The number of benzene rings is 1. The van der Waals surface area contributed by atoms with Crippen LogP contribution in [-0.4, -0.2) is 36.3 Å². The van der Waals surface area contributed by atoms with Crippen LogP contribution < -0.4 is 10.6 Å². The highest BCUT2D eigenvalue weighted by molar-refractivity contribution is 5.64. The minimum absolute atomic E-state index is 0.483. The average Bonchev–Trinajstić information content (AvgIpc) is 2.63. The molecule has 5 nitrogen and oxygen atoms in total. The molecule has 3 rings (SSSR count). The largest absolute Gasteiger partial charge is 0.383 e. The third-order valence-corrected chi connectivity index (χ3v) is 4.35. The number of aromatic nitrogens is 2. The van der Waals surface area contributed by atoms with Crippen molar-refractivity contribution in [2.75, 3.05) is 30.9 Å². The SMILES string of the molecule is COCCNc1cc(-c2ccccc2)nc(NC2CCCCC2)n1. The Balaban J connectivity index is 1.81. The number of ether oxygens (including phenoxy) is 1. The van der Waals surface area contributed by atoms with Gasteiger partial charge in [-0.15, -0.1) is 0 Å². The van der Waals surface area contributed by atoms with E-state index in [-0.39, 0.29) is 0 Å². The maximum atomic E-state index is 5.11. The van der Waals surface area contributed by atoms with Crippen molar-refractivity contribution >= 4 is 11.8 Å². The summed E-state index contributed by atoms with van der Waals surface area (Å²) in [6.07, 6.45) is 6.31. The summed E-state index contributed by atoms with van der Waals surface area (Å²) in [5.74, 6) is 1.54. The van der Waals surface area contributed by atoms with Crippen LogP contribution in [0.1, 0.15) is 32.1 Å². The lowest BCUT2D eigenvalue weighted by molar-refractivity contribution is 0.210. The highest BCUT2D eigenvalue weighted by Gasteiger charge is 2.15. The van der Waals surface area contributed by atoms with Crippen molar-refractivity contribution in [3.8, 4) is 11.3 Å². The molecule has 1 aromatic carbocycles. The maximum Gasteiger partial charge on any atom is 0.225 e. The van der Waals surface area contributed by atoms with Crippen molar-refractivity contribution in [3.63, 3.8) is 0 Å². The lowest BCUT2D eigenvalue weighted by Gasteiger charge is -2.23. The number of hydrogen-bond acceptors (Lipinski definition) is 5. The van der Waals surface area contributed by atoms with Crippen molar-refractivity contribution in [2.24, 2.45) is 0 Å². The Labute approximate surface area is 143 Å². The van der Waals surface area contributed by atoms with E-state index in [1.165, 1.54) is 32.1 Å².